The largest absolute Gasteiger partial charge is 0.445 e. The number of nitrogens with zero attached hydrogens (tertiary/aromatic N) is 1. The van der Waals surface area contributed by atoms with Crippen LogP contribution in [-0.4, -0.2) is 38.2 Å². The monoisotopic (exact) mass is 455 g/mol. The number of nitrogens with one attached hydrogen (secondary N) is 2. The zero-order valence-corrected chi connectivity index (χ0v) is 20.2. The topological polar surface area (TPSA) is 53.6 Å². The van der Waals surface area contributed by atoms with E-state index in [2.05, 4.69) is 72.7 Å². The maximum absolute atomic E-state index is 12.2. The fraction of sp³-hybridized carbons (Fsp3) is 0.591. The Balaban J connectivity index is 5.61. The molecule has 0 spiro atoms. The first-order valence-electron chi connectivity index (χ1n) is 10.1. The summed E-state index contributed by atoms with van der Waals surface area (Å²) in [6, 6.07) is 0. The van der Waals surface area contributed by atoms with E-state index in [0.717, 1.165) is 47.0 Å². The molecule has 0 aliphatic rings. The van der Waals surface area contributed by atoms with Gasteiger partial charge in [-0.15, -0.1) is 0 Å². The summed E-state index contributed by atoms with van der Waals surface area (Å²) in [5, 5.41) is 0. The van der Waals surface area contributed by atoms with Crippen LogP contribution in [0.1, 0.15) is 60.3 Å². The van der Waals surface area contributed by atoms with Gasteiger partial charge in [0, 0.05) is 25.1 Å². The standard InChI is InChI=1S/C22H38BrN3O2/c1-8-11-17(4)20(23)14-13-18(5)21(25-24-6)19(12-9-2)16-28-22(27)26(7)15-10-3/h11,13-14,24-25H,8-10,12,15-16H2,1-7H3/b17-11+,18-13+,20-14+,21-19+. The first-order valence-corrected chi connectivity index (χ1v) is 10.9. The fourth-order valence-corrected chi connectivity index (χ4v) is 2.96. The Labute approximate surface area is 180 Å². The summed E-state index contributed by atoms with van der Waals surface area (Å²) in [7, 11) is 3.60. The third-order valence-electron chi connectivity index (χ3n) is 4.16. The highest BCUT2D eigenvalue weighted by Crippen LogP contribution is 2.21. The third kappa shape index (κ3) is 10.1. The zero-order chi connectivity index (χ0) is 21.5. The molecule has 160 valence electrons. The normalized spacial score (nSPS) is 13.9. The van der Waals surface area contributed by atoms with Crippen LogP contribution in [0.15, 0.2) is 45.1 Å². The van der Waals surface area contributed by atoms with Crippen LogP contribution >= 0.6 is 15.9 Å². The average molecular weight is 456 g/mol. The van der Waals surface area contributed by atoms with Gasteiger partial charge in [0.15, 0.2) is 0 Å². The summed E-state index contributed by atoms with van der Waals surface area (Å²) in [6.07, 6.45) is 9.74. The molecule has 0 radical (unpaired) electrons. The second kappa shape index (κ2) is 15.4. The molecule has 6 heteroatoms. The van der Waals surface area contributed by atoms with Gasteiger partial charge in [-0.25, -0.2) is 10.2 Å². The van der Waals surface area contributed by atoms with Gasteiger partial charge in [0.25, 0.3) is 0 Å². The van der Waals surface area contributed by atoms with Crippen molar-refractivity contribution in [1.82, 2.24) is 15.8 Å². The van der Waals surface area contributed by atoms with E-state index >= 15 is 0 Å². The fourth-order valence-electron chi connectivity index (χ4n) is 2.66. The molecule has 0 saturated carbocycles. The second-order valence-electron chi connectivity index (χ2n) is 6.74. The molecule has 0 aromatic carbocycles. The molecule has 0 aliphatic heterocycles. The van der Waals surface area contributed by atoms with Crippen molar-refractivity contribution in [3.8, 4) is 0 Å². The van der Waals surface area contributed by atoms with Crippen molar-refractivity contribution >= 4 is 22.0 Å². The number of rotatable bonds is 12. The van der Waals surface area contributed by atoms with Crippen LogP contribution in [0.25, 0.3) is 0 Å². The predicted molar refractivity (Wildman–Crippen MR) is 123 cm³/mol. The lowest BCUT2D eigenvalue weighted by molar-refractivity contribution is 0.118. The molecule has 0 fully saturated rings. The summed E-state index contributed by atoms with van der Waals surface area (Å²) >= 11 is 3.63. The number of carbonyl (C=O) groups is 1. The molecule has 0 saturated heterocycles. The minimum absolute atomic E-state index is 0.273. The number of carbonyl (C=O) groups excluding carboxylic acids is 1. The lowest BCUT2D eigenvalue weighted by Crippen LogP contribution is -2.31. The maximum Gasteiger partial charge on any atom is 0.409 e. The van der Waals surface area contributed by atoms with E-state index < -0.39 is 0 Å². The van der Waals surface area contributed by atoms with Crippen molar-refractivity contribution in [3.05, 3.63) is 45.1 Å². The lowest BCUT2D eigenvalue weighted by Gasteiger charge is -2.20. The van der Waals surface area contributed by atoms with Crippen molar-refractivity contribution in [2.75, 3.05) is 27.2 Å². The van der Waals surface area contributed by atoms with Crippen molar-refractivity contribution in [1.29, 1.82) is 0 Å². The van der Waals surface area contributed by atoms with Crippen LogP contribution in [0.3, 0.4) is 0 Å². The molecule has 28 heavy (non-hydrogen) atoms. The van der Waals surface area contributed by atoms with Gasteiger partial charge < -0.3 is 15.1 Å². The van der Waals surface area contributed by atoms with Gasteiger partial charge in [-0.3, -0.25) is 0 Å². The van der Waals surface area contributed by atoms with Crippen molar-refractivity contribution < 1.29 is 9.53 Å². The van der Waals surface area contributed by atoms with E-state index in [1.807, 2.05) is 14.0 Å². The smallest absolute Gasteiger partial charge is 0.409 e. The Morgan fingerprint density at radius 1 is 1.11 bits per heavy atom. The third-order valence-corrected chi connectivity index (χ3v) is 5.05. The van der Waals surface area contributed by atoms with Gasteiger partial charge in [-0.1, -0.05) is 55.3 Å². The first-order chi connectivity index (χ1) is 13.3. The van der Waals surface area contributed by atoms with E-state index in [1.165, 1.54) is 5.57 Å². The van der Waals surface area contributed by atoms with E-state index in [0.29, 0.717) is 6.54 Å². The molecular weight excluding hydrogens is 418 g/mol. The highest BCUT2D eigenvalue weighted by molar-refractivity contribution is 9.12. The lowest BCUT2D eigenvalue weighted by atomic mass is 10.0. The van der Waals surface area contributed by atoms with E-state index in [9.17, 15) is 4.79 Å². The zero-order valence-electron chi connectivity index (χ0n) is 18.6. The van der Waals surface area contributed by atoms with Crippen molar-refractivity contribution in [2.45, 2.75) is 60.3 Å². The van der Waals surface area contributed by atoms with E-state index in [1.54, 1.807) is 11.9 Å². The van der Waals surface area contributed by atoms with E-state index in [-0.39, 0.29) is 12.7 Å². The van der Waals surface area contributed by atoms with Crippen LogP contribution in [0.2, 0.25) is 0 Å². The molecular formula is C22H38BrN3O2. The number of allylic oxidation sites excluding steroid dienone is 6. The Bertz CT molecular complexity index is 607. The summed E-state index contributed by atoms with van der Waals surface area (Å²) in [6.45, 7) is 11.4. The minimum Gasteiger partial charge on any atom is -0.445 e. The van der Waals surface area contributed by atoms with Gasteiger partial charge in [-0.2, -0.15) is 0 Å². The second-order valence-corrected chi connectivity index (χ2v) is 7.59. The van der Waals surface area contributed by atoms with Crippen LogP contribution in [0, 0.1) is 0 Å². The highest BCUT2D eigenvalue weighted by Gasteiger charge is 2.13. The number of hydrogen-bond donors (Lipinski definition) is 2. The summed E-state index contributed by atoms with van der Waals surface area (Å²) < 4.78 is 6.60. The molecule has 0 aromatic heterocycles. The molecule has 1 amide bonds. The molecule has 0 heterocycles. The Morgan fingerprint density at radius 3 is 2.32 bits per heavy atom. The highest BCUT2D eigenvalue weighted by atomic mass is 79.9. The molecule has 0 atom stereocenters. The van der Waals surface area contributed by atoms with Gasteiger partial charge >= 0.3 is 6.09 Å². The molecule has 0 aliphatic carbocycles. The van der Waals surface area contributed by atoms with Gasteiger partial charge in [0.1, 0.15) is 6.61 Å². The minimum atomic E-state index is -0.288. The van der Waals surface area contributed by atoms with Crippen molar-refractivity contribution in [2.24, 2.45) is 0 Å². The molecule has 0 aromatic rings. The summed E-state index contributed by atoms with van der Waals surface area (Å²) in [4.78, 5) is 13.8. The first kappa shape index (κ1) is 26.5. The molecule has 5 nitrogen and oxygen atoms in total. The average Bonchev–Trinajstić information content (AvgIpc) is 2.67. The number of halogens is 1. The van der Waals surface area contributed by atoms with Crippen molar-refractivity contribution in [3.63, 3.8) is 0 Å². The van der Waals surface area contributed by atoms with Gasteiger partial charge in [-0.05, 0) is 55.9 Å². The maximum atomic E-state index is 12.2. The predicted octanol–water partition coefficient (Wildman–Crippen LogP) is 5.82. The number of amides is 1. The molecule has 0 unspecified atom stereocenters. The summed E-state index contributed by atoms with van der Waals surface area (Å²) in [5.74, 6) is 0. The molecule has 0 rings (SSSR count). The molecule has 0 bridgehead atoms. The Kier molecular flexibility index (Phi) is 14.6. The van der Waals surface area contributed by atoms with Crippen LogP contribution < -0.4 is 10.9 Å². The summed E-state index contributed by atoms with van der Waals surface area (Å²) in [5.41, 5.74) is 10.5. The number of ether oxygens (including phenoxy) is 1. The SMILES string of the molecule is CC/C=C(C)/C(Br)=C\C=C(C)\C(NNC)=C(\CCC)COC(=O)N(C)CCC. The molecule has 2 N–H and O–H groups in total. The van der Waals surface area contributed by atoms with Crippen LogP contribution in [0.4, 0.5) is 4.79 Å². The Morgan fingerprint density at radius 2 is 1.79 bits per heavy atom. The van der Waals surface area contributed by atoms with Crippen LogP contribution in [-0.2, 0) is 4.74 Å². The number of hydrazine groups is 1. The number of hydrogen-bond acceptors (Lipinski definition) is 4. The van der Waals surface area contributed by atoms with Gasteiger partial charge in [0.2, 0.25) is 0 Å². The van der Waals surface area contributed by atoms with E-state index in [4.69, 9.17) is 4.74 Å². The Hall–Kier alpha value is -1.53. The quantitative estimate of drug-likeness (QED) is 0.287. The van der Waals surface area contributed by atoms with Gasteiger partial charge in [0.05, 0.1) is 5.70 Å². The van der Waals surface area contributed by atoms with Crippen LogP contribution in [0.5, 0.6) is 0 Å².